The van der Waals surface area contributed by atoms with Crippen LogP contribution in [0.5, 0.6) is 5.75 Å². The third kappa shape index (κ3) is 3.91. The lowest BCUT2D eigenvalue weighted by molar-refractivity contribution is 0.317. The van der Waals surface area contributed by atoms with E-state index in [4.69, 9.17) is 27.9 Å². The van der Waals surface area contributed by atoms with Gasteiger partial charge in [0.25, 0.3) is 0 Å². The molecule has 0 saturated carbocycles. The van der Waals surface area contributed by atoms with Gasteiger partial charge in [-0.05, 0) is 43.3 Å². The minimum atomic E-state index is -0.0496. The summed E-state index contributed by atoms with van der Waals surface area (Å²) in [4.78, 5) is 0. The van der Waals surface area contributed by atoms with Crippen molar-refractivity contribution in [3.05, 3.63) is 63.6 Å². The Labute approximate surface area is 136 Å². The topological polar surface area (TPSA) is 21.3 Å². The maximum atomic E-state index is 6.30. The van der Waals surface area contributed by atoms with Crippen LogP contribution in [-0.4, -0.2) is 13.7 Å². The highest BCUT2D eigenvalue weighted by Crippen LogP contribution is 2.34. The van der Waals surface area contributed by atoms with Gasteiger partial charge in [-0.3, -0.25) is 0 Å². The van der Waals surface area contributed by atoms with Crippen LogP contribution in [0.4, 0.5) is 0 Å². The number of ether oxygens (including phenoxy) is 1. The molecule has 112 valence electrons. The first-order chi connectivity index (χ1) is 10.2. The van der Waals surface area contributed by atoms with Crippen LogP contribution in [0, 0.1) is 0 Å². The largest absolute Gasteiger partial charge is 0.494 e. The summed E-state index contributed by atoms with van der Waals surface area (Å²) in [5, 5.41) is 4.59. The molecule has 2 nitrogen and oxygen atoms in total. The number of benzene rings is 2. The summed E-state index contributed by atoms with van der Waals surface area (Å²) in [6.07, 6.45) is 0.996. The molecule has 0 fully saturated rings. The lowest BCUT2D eigenvalue weighted by atomic mass is 9.98. The summed E-state index contributed by atoms with van der Waals surface area (Å²) >= 11 is 12.6. The molecule has 4 heteroatoms. The molecule has 0 saturated heterocycles. The van der Waals surface area contributed by atoms with Crippen molar-refractivity contribution in [2.45, 2.75) is 19.4 Å². The molecule has 2 rings (SSSR count). The van der Waals surface area contributed by atoms with Crippen molar-refractivity contribution >= 4 is 23.2 Å². The molecule has 0 radical (unpaired) electrons. The molecular formula is C17H19Cl2NO. The normalized spacial score (nSPS) is 12.2. The maximum Gasteiger partial charge on any atom is 0.119 e. The molecule has 21 heavy (non-hydrogen) atoms. The van der Waals surface area contributed by atoms with Crippen molar-refractivity contribution in [2.75, 3.05) is 13.7 Å². The SMILES string of the molecule is CCCOc1ccc(C(NC)c2c(Cl)cccc2Cl)cc1. The van der Waals surface area contributed by atoms with Crippen LogP contribution >= 0.6 is 23.2 Å². The van der Waals surface area contributed by atoms with Crippen LogP contribution in [0.25, 0.3) is 0 Å². The van der Waals surface area contributed by atoms with E-state index in [1.165, 1.54) is 0 Å². The fourth-order valence-electron chi connectivity index (χ4n) is 2.24. The van der Waals surface area contributed by atoms with E-state index in [9.17, 15) is 0 Å². The van der Waals surface area contributed by atoms with Gasteiger partial charge in [0.15, 0.2) is 0 Å². The summed E-state index contributed by atoms with van der Waals surface area (Å²) in [5.41, 5.74) is 1.99. The van der Waals surface area contributed by atoms with Gasteiger partial charge < -0.3 is 10.1 Å². The van der Waals surface area contributed by atoms with Crippen LogP contribution in [0.15, 0.2) is 42.5 Å². The van der Waals surface area contributed by atoms with Crippen molar-refractivity contribution in [1.29, 1.82) is 0 Å². The van der Waals surface area contributed by atoms with Gasteiger partial charge in [0.2, 0.25) is 0 Å². The van der Waals surface area contributed by atoms with Gasteiger partial charge >= 0.3 is 0 Å². The summed E-state index contributed by atoms with van der Waals surface area (Å²) < 4.78 is 5.60. The molecule has 0 heterocycles. The molecule has 0 aliphatic heterocycles. The zero-order chi connectivity index (χ0) is 15.2. The Morgan fingerprint density at radius 3 is 2.19 bits per heavy atom. The monoisotopic (exact) mass is 323 g/mol. The zero-order valence-electron chi connectivity index (χ0n) is 12.2. The van der Waals surface area contributed by atoms with Crippen LogP contribution in [0.3, 0.4) is 0 Å². The van der Waals surface area contributed by atoms with E-state index in [0.717, 1.165) is 29.9 Å². The number of hydrogen-bond donors (Lipinski definition) is 1. The van der Waals surface area contributed by atoms with E-state index in [1.54, 1.807) is 0 Å². The van der Waals surface area contributed by atoms with Crippen molar-refractivity contribution < 1.29 is 4.74 Å². The molecule has 0 aliphatic carbocycles. The number of halogens is 2. The smallest absolute Gasteiger partial charge is 0.119 e. The van der Waals surface area contributed by atoms with Gasteiger partial charge in [0, 0.05) is 15.6 Å². The first-order valence-electron chi connectivity index (χ1n) is 7.01. The molecule has 0 aliphatic rings. The van der Waals surface area contributed by atoms with E-state index in [2.05, 4.69) is 12.2 Å². The first-order valence-corrected chi connectivity index (χ1v) is 7.77. The highest BCUT2D eigenvalue weighted by Gasteiger charge is 2.18. The van der Waals surface area contributed by atoms with Crippen molar-refractivity contribution in [3.8, 4) is 5.75 Å². The molecule has 2 aromatic rings. The fourth-order valence-corrected chi connectivity index (χ4v) is 2.86. The Bertz CT molecular complexity index is 564. The van der Waals surface area contributed by atoms with Crippen LogP contribution in [0.2, 0.25) is 10.0 Å². The Kier molecular flexibility index (Phi) is 5.92. The van der Waals surface area contributed by atoms with Crippen molar-refractivity contribution in [3.63, 3.8) is 0 Å². The third-order valence-corrected chi connectivity index (χ3v) is 3.92. The molecule has 2 aromatic carbocycles. The minimum absolute atomic E-state index is 0.0496. The maximum absolute atomic E-state index is 6.30. The fraction of sp³-hybridized carbons (Fsp3) is 0.294. The first kappa shape index (κ1) is 16.2. The summed E-state index contributed by atoms with van der Waals surface area (Å²) in [6.45, 7) is 2.82. The van der Waals surface area contributed by atoms with Crippen LogP contribution in [0.1, 0.15) is 30.5 Å². The highest BCUT2D eigenvalue weighted by atomic mass is 35.5. The Balaban J connectivity index is 2.29. The number of rotatable bonds is 6. The van der Waals surface area contributed by atoms with Crippen molar-refractivity contribution in [2.24, 2.45) is 0 Å². The number of hydrogen-bond acceptors (Lipinski definition) is 2. The standard InChI is InChI=1S/C17H19Cl2NO/c1-3-11-21-13-9-7-12(8-10-13)17(20-2)16-14(18)5-4-6-15(16)19/h4-10,17,20H,3,11H2,1-2H3. The van der Waals surface area contributed by atoms with Crippen LogP contribution < -0.4 is 10.1 Å². The average Bonchev–Trinajstić information content (AvgIpc) is 2.50. The molecule has 0 spiro atoms. The van der Waals surface area contributed by atoms with Crippen LogP contribution in [-0.2, 0) is 0 Å². The van der Waals surface area contributed by atoms with E-state index in [0.29, 0.717) is 10.0 Å². The quantitative estimate of drug-likeness (QED) is 0.799. The molecule has 0 aromatic heterocycles. The average molecular weight is 324 g/mol. The van der Waals surface area contributed by atoms with E-state index < -0.39 is 0 Å². The summed E-state index contributed by atoms with van der Waals surface area (Å²) in [6, 6.07) is 13.5. The van der Waals surface area contributed by atoms with Gasteiger partial charge in [-0.15, -0.1) is 0 Å². The lowest BCUT2D eigenvalue weighted by Crippen LogP contribution is -2.18. The lowest BCUT2D eigenvalue weighted by Gasteiger charge is -2.20. The zero-order valence-corrected chi connectivity index (χ0v) is 13.7. The summed E-state index contributed by atoms with van der Waals surface area (Å²) in [7, 11) is 1.89. The van der Waals surface area contributed by atoms with E-state index in [-0.39, 0.29) is 6.04 Å². The second kappa shape index (κ2) is 7.69. The predicted octanol–water partition coefficient (Wildman–Crippen LogP) is 5.09. The summed E-state index contributed by atoms with van der Waals surface area (Å²) in [5.74, 6) is 0.876. The van der Waals surface area contributed by atoms with Gasteiger partial charge in [-0.2, -0.15) is 0 Å². The second-order valence-corrected chi connectivity index (χ2v) is 5.59. The predicted molar refractivity (Wildman–Crippen MR) is 89.6 cm³/mol. The molecule has 0 amide bonds. The minimum Gasteiger partial charge on any atom is -0.494 e. The molecule has 1 atom stereocenters. The van der Waals surface area contributed by atoms with Gasteiger partial charge in [-0.25, -0.2) is 0 Å². The van der Waals surface area contributed by atoms with Gasteiger partial charge in [0.1, 0.15) is 5.75 Å². The van der Waals surface area contributed by atoms with Gasteiger partial charge in [-0.1, -0.05) is 48.3 Å². The molecule has 1 N–H and O–H groups in total. The third-order valence-electron chi connectivity index (χ3n) is 3.26. The molecule has 1 unspecified atom stereocenters. The Morgan fingerprint density at radius 1 is 1.05 bits per heavy atom. The Morgan fingerprint density at radius 2 is 1.67 bits per heavy atom. The second-order valence-electron chi connectivity index (χ2n) is 4.77. The van der Waals surface area contributed by atoms with Gasteiger partial charge in [0.05, 0.1) is 12.6 Å². The number of nitrogens with one attached hydrogen (secondary N) is 1. The molecule has 0 bridgehead atoms. The van der Waals surface area contributed by atoms with E-state index in [1.807, 2.05) is 49.5 Å². The molecular weight excluding hydrogens is 305 g/mol. The van der Waals surface area contributed by atoms with E-state index >= 15 is 0 Å². The highest BCUT2D eigenvalue weighted by molar-refractivity contribution is 6.36. The van der Waals surface area contributed by atoms with Crippen molar-refractivity contribution in [1.82, 2.24) is 5.32 Å². The Hall–Kier alpha value is -1.22.